The van der Waals surface area contributed by atoms with Gasteiger partial charge >= 0.3 is 0 Å². The van der Waals surface area contributed by atoms with Gasteiger partial charge in [-0.3, -0.25) is 4.90 Å². The summed E-state index contributed by atoms with van der Waals surface area (Å²) in [6.45, 7) is 4.47. The molecule has 3 rings (SSSR count). The second-order valence-corrected chi connectivity index (χ2v) is 6.17. The summed E-state index contributed by atoms with van der Waals surface area (Å²) in [4.78, 5) is 6.23. The van der Waals surface area contributed by atoms with Gasteiger partial charge in [0.1, 0.15) is 12.7 Å². The second kappa shape index (κ2) is 6.16. The molecule has 1 saturated heterocycles. The summed E-state index contributed by atoms with van der Waals surface area (Å²) in [7, 11) is 2.09. The van der Waals surface area contributed by atoms with Crippen LogP contribution in [0.25, 0.3) is 5.69 Å². The van der Waals surface area contributed by atoms with E-state index in [2.05, 4.69) is 41.1 Å². The van der Waals surface area contributed by atoms with Gasteiger partial charge in [-0.25, -0.2) is 9.67 Å². The van der Waals surface area contributed by atoms with Crippen LogP contribution in [0.15, 0.2) is 36.9 Å². The predicted octanol–water partition coefficient (Wildman–Crippen LogP) is 1.27. The highest BCUT2D eigenvalue weighted by Gasteiger charge is 2.39. The van der Waals surface area contributed by atoms with Gasteiger partial charge in [-0.2, -0.15) is 5.10 Å². The number of ether oxygens (including phenoxy) is 1. The number of aliphatic hydroxyl groups excluding tert-OH is 1. The van der Waals surface area contributed by atoms with Crippen molar-refractivity contribution in [2.75, 3.05) is 33.4 Å². The molecular weight excluding hydrogens is 280 g/mol. The average Bonchev–Trinajstić information content (AvgIpc) is 3.04. The number of rotatable bonds is 6. The Bertz CT molecular complexity index is 588. The first kappa shape index (κ1) is 15.1. The topological polar surface area (TPSA) is 63.4 Å². The molecule has 1 aliphatic heterocycles. The molecule has 1 fully saturated rings. The van der Waals surface area contributed by atoms with Crippen molar-refractivity contribution in [1.82, 2.24) is 19.7 Å². The van der Waals surface area contributed by atoms with Crippen LogP contribution >= 0.6 is 0 Å². The van der Waals surface area contributed by atoms with Crippen LogP contribution in [0, 0.1) is 5.41 Å². The van der Waals surface area contributed by atoms with Crippen LogP contribution < -0.4 is 0 Å². The van der Waals surface area contributed by atoms with E-state index in [0.717, 1.165) is 12.2 Å². The number of benzene rings is 1. The number of aliphatic hydroxyl groups is 1. The normalized spacial score (nSPS) is 18.2. The Labute approximate surface area is 130 Å². The average molecular weight is 302 g/mol. The summed E-state index contributed by atoms with van der Waals surface area (Å²) in [5, 5.41) is 13.7. The lowest BCUT2D eigenvalue weighted by Gasteiger charge is -2.43. The standard InChI is InChI=1S/C16H22N4O2/c1-13(19(2)7-16(8-21)9-22-10-16)14-3-5-15(6-4-14)20-12-17-11-18-20/h3-6,11-13,21H,7-10H2,1-2H3. The van der Waals surface area contributed by atoms with Crippen LogP contribution in [0.2, 0.25) is 0 Å². The van der Waals surface area contributed by atoms with E-state index < -0.39 is 0 Å². The summed E-state index contributed by atoms with van der Waals surface area (Å²) in [6.07, 6.45) is 3.21. The van der Waals surface area contributed by atoms with Crippen molar-refractivity contribution in [1.29, 1.82) is 0 Å². The van der Waals surface area contributed by atoms with Crippen LogP contribution in [-0.2, 0) is 4.74 Å². The maximum Gasteiger partial charge on any atom is 0.138 e. The van der Waals surface area contributed by atoms with Crippen LogP contribution in [0.4, 0.5) is 0 Å². The van der Waals surface area contributed by atoms with Gasteiger partial charge < -0.3 is 9.84 Å². The lowest BCUT2D eigenvalue weighted by Crippen LogP contribution is -2.52. The van der Waals surface area contributed by atoms with E-state index in [1.807, 2.05) is 12.1 Å². The molecule has 0 bridgehead atoms. The highest BCUT2D eigenvalue weighted by atomic mass is 16.5. The maximum absolute atomic E-state index is 9.56. The molecule has 22 heavy (non-hydrogen) atoms. The van der Waals surface area contributed by atoms with Gasteiger partial charge in [-0.15, -0.1) is 0 Å². The Morgan fingerprint density at radius 2 is 2.09 bits per heavy atom. The Kier molecular flexibility index (Phi) is 4.24. The maximum atomic E-state index is 9.56. The molecule has 0 saturated carbocycles. The highest BCUT2D eigenvalue weighted by molar-refractivity contribution is 5.34. The molecule has 6 nitrogen and oxygen atoms in total. The van der Waals surface area contributed by atoms with Gasteiger partial charge in [0.05, 0.1) is 30.9 Å². The van der Waals surface area contributed by atoms with Gasteiger partial charge in [0.15, 0.2) is 0 Å². The van der Waals surface area contributed by atoms with E-state index in [0.29, 0.717) is 13.2 Å². The van der Waals surface area contributed by atoms with Crippen molar-refractivity contribution in [3.8, 4) is 5.69 Å². The zero-order valence-corrected chi connectivity index (χ0v) is 13.0. The number of hydrogen-bond donors (Lipinski definition) is 1. The third-order valence-corrected chi connectivity index (χ3v) is 4.46. The summed E-state index contributed by atoms with van der Waals surface area (Å²) in [5.41, 5.74) is 2.14. The molecule has 1 unspecified atom stereocenters. The molecule has 118 valence electrons. The molecule has 2 aromatic rings. The largest absolute Gasteiger partial charge is 0.396 e. The minimum absolute atomic E-state index is 0.0936. The van der Waals surface area contributed by atoms with Gasteiger partial charge in [-0.1, -0.05) is 12.1 Å². The van der Waals surface area contributed by atoms with E-state index in [4.69, 9.17) is 4.74 Å². The van der Waals surface area contributed by atoms with Gasteiger partial charge in [-0.05, 0) is 31.7 Å². The van der Waals surface area contributed by atoms with Crippen molar-refractivity contribution in [3.63, 3.8) is 0 Å². The lowest BCUT2D eigenvalue weighted by molar-refractivity contribution is -0.149. The van der Waals surface area contributed by atoms with Gasteiger partial charge in [0, 0.05) is 12.6 Å². The smallest absolute Gasteiger partial charge is 0.138 e. The summed E-state index contributed by atoms with van der Waals surface area (Å²) in [6, 6.07) is 8.58. The van der Waals surface area contributed by atoms with Crippen molar-refractivity contribution >= 4 is 0 Å². The fourth-order valence-electron chi connectivity index (χ4n) is 2.79. The molecule has 6 heteroatoms. The monoisotopic (exact) mass is 302 g/mol. The fraction of sp³-hybridized carbons (Fsp3) is 0.500. The quantitative estimate of drug-likeness (QED) is 0.870. The van der Waals surface area contributed by atoms with Crippen LogP contribution in [-0.4, -0.2) is 58.2 Å². The van der Waals surface area contributed by atoms with E-state index in [9.17, 15) is 5.11 Å². The zero-order chi connectivity index (χ0) is 15.6. The van der Waals surface area contributed by atoms with Crippen LogP contribution in [0.3, 0.4) is 0 Å². The molecule has 1 aromatic heterocycles. The number of hydrogen-bond acceptors (Lipinski definition) is 5. The molecule has 0 amide bonds. The zero-order valence-electron chi connectivity index (χ0n) is 13.0. The molecule has 1 atom stereocenters. The third kappa shape index (κ3) is 2.90. The van der Waals surface area contributed by atoms with Crippen molar-refractivity contribution in [2.45, 2.75) is 13.0 Å². The molecule has 0 aliphatic carbocycles. The van der Waals surface area contributed by atoms with Gasteiger partial charge in [0.2, 0.25) is 0 Å². The molecule has 1 aromatic carbocycles. The highest BCUT2D eigenvalue weighted by Crippen LogP contribution is 2.30. The summed E-state index contributed by atoms with van der Waals surface area (Å²) >= 11 is 0. The Morgan fingerprint density at radius 3 is 2.59 bits per heavy atom. The Morgan fingerprint density at radius 1 is 1.36 bits per heavy atom. The molecule has 0 spiro atoms. The molecule has 0 radical (unpaired) electrons. The van der Waals surface area contributed by atoms with E-state index in [1.54, 1.807) is 11.0 Å². The van der Waals surface area contributed by atoms with Crippen molar-refractivity contribution in [3.05, 3.63) is 42.5 Å². The number of nitrogens with zero attached hydrogens (tertiary/aromatic N) is 4. The fourth-order valence-corrected chi connectivity index (χ4v) is 2.79. The summed E-state index contributed by atoms with van der Waals surface area (Å²) < 4.78 is 7.01. The second-order valence-electron chi connectivity index (χ2n) is 6.17. The first-order valence-corrected chi connectivity index (χ1v) is 7.47. The van der Waals surface area contributed by atoms with Crippen LogP contribution in [0.1, 0.15) is 18.5 Å². The van der Waals surface area contributed by atoms with Crippen LogP contribution in [0.5, 0.6) is 0 Å². The SMILES string of the molecule is CC(c1ccc(-n2cncn2)cc1)N(C)CC1(CO)COC1. The minimum Gasteiger partial charge on any atom is -0.396 e. The molecule has 1 aliphatic rings. The van der Waals surface area contributed by atoms with E-state index >= 15 is 0 Å². The Hall–Kier alpha value is -1.76. The minimum atomic E-state index is -0.0936. The Balaban J connectivity index is 1.67. The van der Waals surface area contributed by atoms with Crippen molar-refractivity contribution in [2.24, 2.45) is 5.41 Å². The molecular formula is C16H22N4O2. The molecule has 2 heterocycles. The third-order valence-electron chi connectivity index (χ3n) is 4.46. The molecule has 1 N–H and O–H groups in total. The van der Waals surface area contributed by atoms with E-state index in [-0.39, 0.29) is 18.1 Å². The lowest BCUT2D eigenvalue weighted by atomic mass is 9.86. The number of aromatic nitrogens is 3. The first-order chi connectivity index (χ1) is 10.6. The van der Waals surface area contributed by atoms with Gasteiger partial charge in [0.25, 0.3) is 0 Å². The first-order valence-electron chi connectivity index (χ1n) is 7.47. The van der Waals surface area contributed by atoms with E-state index in [1.165, 1.54) is 11.9 Å². The van der Waals surface area contributed by atoms with Crippen molar-refractivity contribution < 1.29 is 9.84 Å². The summed E-state index contributed by atoms with van der Waals surface area (Å²) in [5.74, 6) is 0. The predicted molar refractivity (Wildman–Crippen MR) is 82.7 cm³/mol.